The highest BCUT2D eigenvalue weighted by Crippen LogP contribution is 2.33. The third-order valence-corrected chi connectivity index (χ3v) is 4.64. The number of halogens is 2. The summed E-state index contributed by atoms with van der Waals surface area (Å²) in [6.07, 6.45) is 8.17. The van der Waals surface area contributed by atoms with E-state index in [0.29, 0.717) is 21.8 Å². The molecule has 3 rings (SSSR count). The Bertz CT molecular complexity index is 616. The maximum absolute atomic E-state index is 6.11. The number of nitrogen functional groups attached to an aromatic ring is 1. The van der Waals surface area contributed by atoms with Crippen LogP contribution < -0.4 is 5.73 Å². The molecular weight excluding hydrogens is 293 g/mol. The van der Waals surface area contributed by atoms with Crippen molar-refractivity contribution in [2.24, 2.45) is 0 Å². The molecule has 2 aromatic rings. The molecule has 1 heterocycles. The first kappa shape index (κ1) is 13.8. The zero-order chi connectivity index (χ0) is 14.1. The summed E-state index contributed by atoms with van der Waals surface area (Å²) in [6, 6.07) is 5.96. The number of hydrogen-bond donors (Lipinski definition) is 1. The van der Waals surface area contributed by atoms with Crippen LogP contribution in [0.4, 0.5) is 5.69 Å². The van der Waals surface area contributed by atoms with E-state index in [1.807, 2.05) is 23.0 Å². The van der Waals surface area contributed by atoms with E-state index in [4.69, 9.17) is 28.9 Å². The van der Waals surface area contributed by atoms with E-state index in [0.717, 1.165) is 11.3 Å². The van der Waals surface area contributed by atoms with Crippen molar-refractivity contribution in [3.8, 4) is 11.3 Å². The maximum Gasteiger partial charge on any atom is 0.115 e. The molecule has 0 amide bonds. The molecule has 0 radical (unpaired) electrons. The van der Waals surface area contributed by atoms with E-state index in [-0.39, 0.29) is 0 Å². The Kier molecular flexibility index (Phi) is 3.90. The molecule has 1 aromatic carbocycles. The minimum absolute atomic E-state index is 0.475. The Morgan fingerprint density at radius 1 is 1.10 bits per heavy atom. The third-order valence-electron chi connectivity index (χ3n) is 3.90. The molecule has 1 fully saturated rings. The highest BCUT2D eigenvalue weighted by atomic mass is 35.5. The van der Waals surface area contributed by atoms with Crippen LogP contribution in [0.5, 0.6) is 0 Å². The van der Waals surface area contributed by atoms with Gasteiger partial charge in [0.05, 0.1) is 21.8 Å². The molecule has 3 nitrogen and oxygen atoms in total. The van der Waals surface area contributed by atoms with Crippen LogP contribution in [0.15, 0.2) is 24.4 Å². The molecule has 0 aliphatic heterocycles. The Morgan fingerprint density at radius 2 is 1.85 bits per heavy atom. The van der Waals surface area contributed by atoms with Crippen LogP contribution in [0.1, 0.15) is 38.1 Å². The molecule has 0 unspecified atom stereocenters. The van der Waals surface area contributed by atoms with Gasteiger partial charge in [0, 0.05) is 11.8 Å². The summed E-state index contributed by atoms with van der Waals surface area (Å²) in [5.41, 5.74) is 8.49. The first-order valence-electron chi connectivity index (χ1n) is 6.95. The second-order valence-corrected chi connectivity index (χ2v) is 6.15. The molecule has 20 heavy (non-hydrogen) atoms. The molecule has 0 saturated heterocycles. The number of benzene rings is 1. The van der Waals surface area contributed by atoms with Crippen molar-refractivity contribution >= 4 is 28.9 Å². The fraction of sp³-hybridized carbons (Fsp3) is 0.400. The minimum atomic E-state index is 0.475. The van der Waals surface area contributed by atoms with Crippen molar-refractivity contribution in [3.63, 3.8) is 0 Å². The van der Waals surface area contributed by atoms with Gasteiger partial charge in [-0.05, 0) is 25.0 Å². The molecule has 1 aliphatic rings. The number of rotatable bonds is 2. The van der Waals surface area contributed by atoms with Gasteiger partial charge in [-0.2, -0.15) is 5.10 Å². The normalized spacial score (nSPS) is 16.5. The van der Waals surface area contributed by atoms with Crippen molar-refractivity contribution < 1.29 is 0 Å². The molecule has 0 atom stereocenters. The lowest BCUT2D eigenvalue weighted by Gasteiger charge is -2.21. The molecule has 2 N–H and O–H groups in total. The first-order chi connectivity index (χ1) is 9.65. The van der Waals surface area contributed by atoms with Gasteiger partial charge in [0.1, 0.15) is 5.69 Å². The Labute approximate surface area is 128 Å². The van der Waals surface area contributed by atoms with Gasteiger partial charge in [0.15, 0.2) is 0 Å². The molecule has 1 saturated carbocycles. The van der Waals surface area contributed by atoms with Gasteiger partial charge in [-0.15, -0.1) is 0 Å². The van der Waals surface area contributed by atoms with E-state index in [9.17, 15) is 0 Å². The number of hydrogen-bond acceptors (Lipinski definition) is 2. The van der Waals surface area contributed by atoms with Gasteiger partial charge in [0.2, 0.25) is 0 Å². The van der Waals surface area contributed by atoms with Crippen LogP contribution in [0.2, 0.25) is 10.0 Å². The van der Waals surface area contributed by atoms with Crippen LogP contribution in [0, 0.1) is 0 Å². The SMILES string of the molecule is Nc1cn(C2CCCCC2)nc1-c1ccc(Cl)c(Cl)c1. The van der Waals surface area contributed by atoms with E-state index >= 15 is 0 Å². The lowest BCUT2D eigenvalue weighted by Crippen LogP contribution is -2.13. The minimum Gasteiger partial charge on any atom is -0.396 e. The third kappa shape index (κ3) is 2.65. The predicted molar refractivity (Wildman–Crippen MR) is 84.2 cm³/mol. The zero-order valence-electron chi connectivity index (χ0n) is 11.1. The molecule has 5 heteroatoms. The van der Waals surface area contributed by atoms with Crippen molar-refractivity contribution in [1.29, 1.82) is 0 Å². The Balaban J connectivity index is 1.93. The summed E-state index contributed by atoms with van der Waals surface area (Å²) in [4.78, 5) is 0. The number of nitrogens with zero attached hydrogens (tertiary/aromatic N) is 2. The molecule has 1 aromatic heterocycles. The van der Waals surface area contributed by atoms with Crippen LogP contribution in [-0.4, -0.2) is 9.78 Å². The van der Waals surface area contributed by atoms with Gasteiger partial charge in [-0.1, -0.05) is 48.5 Å². The van der Waals surface area contributed by atoms with Crippen LogP contribution in [0.25, 0.3) is 11.3 Å². The average Bonchev–Trinajstić information content (AvgIpc) is 2.85. The highest BCUT2D eigenvalue weighted by molar-refractivity contribution is 6.42. The first-order valence-corrected chi connectivity index (χ1v) is 7.71. The summed E-state index contributed by atoms with van der Waals surface area (Å²) in [5.74, 6) is 0. The monoisotopic (exact) mass is 309 g/mol. The van der Waals surface area contributed by atoms with Gasteiger partial charge in [-0.25, -0.2) is 0 Å². The standard InChI is InChI=1S/C15H17Cl2N3/c16-12-7-6-10(8-13(12)17)15-14(18)9-20(19-15)11-4-2-1-3-5-11/h6-9,11H,1-5,18H2. The second-order valence-electron chi connectivity index (χ2n) is 5.33. The number of anilines is 1. The van der Waals surface area contributed by atoms with Crippen LogP contribution >= 0.6 is 23.2 Å². The lowest BCUT2D eigenvalue weighted by atomic mass is 9.96. The van der Waals surface area contributed by atoms with Crippen LogP contribution in [0.3, 0.4) is 0 Å². The van der Waals surface area contributed by atoms with Gasteiger partial charge in [0.25, 0.3) is 0 Å². The molecule has 0 bridgehead atoms. The van der Waals surface area contributed by atoms with Gasteiger partial charge in [-0.3, -0.25) is 4.68 Å². The smallest absolute Gasteiger partial charge is 0.115 e. The van der Waals surface area contributed by atoms with E-state index in [2.05, 4.69) is 5.10 Å². The predicted octanol–water partition coefficient (Wildman–Crippen LogP) is 4.94. The van der Waals surface area contributed by atoms with Crippen LogP contribution in [-0.2, 0) is 0 Å². The quantitative estimate of drug-likeness (QED) is 0.853. The fourth-order valence-electron chi connectivity index (χ4n) is 2.81. The Morgan fingerprint density at radius 3 is 2.55 bits per heavy atom. The largest absolute Gasteiger partial charge is 0.396 e. The second kappa shape index (κ2) is 5.66. The summed E-state index contributed by atoms with van der Waals surface area (Å²) in [5, 5.41) is 5.73. The molecule has 1 aliphatic carbocycles. The summed E-state index contributed by atoms with van der Waals surface area (Å²) < 4.78 is 2.02. The number of nitrogens with two attached hydrogens (primary N) is 1. The van der Waals surface area contributed by atoms with E-state index < -0.39 is 0 Å². The Hall–Kier alpha value is -1.19. The zero-order valence-corrected chi connectivity index (χ0v) is 12.7. The van der Waals surface area contributed by atoms with Crippen molar-refractivity contribution in [2.75, 3.05) is 5.73 Å². The molecule has 0 spiro atoms. The average molecular weight is 310 g/mol. The maximum atomic E-state index is 6.11. The summed E-state index contributed by atoms with van der Waals surface area (Å²) in [7, 11) is 0. The van der Waals surface area contributed by atoms with Crippen molar-refractivity contribution in [3.05, 3.63) is 34.4 Å². The van der Waals surface area contributed by atoms with Gasteiger partial charge < -0.3 is 5.73 Å². The summed E-state index contributed by atoms with van der Waals surface area (Å²) >= 11 is 12.0. The summed E-state index contributed by atoms with van der Waals surface area (Å²) in [6.45, 7) is 0. The fourth-order valence-corrected chi connectivity index (χ4v) is 3.10. The van der Waals surface area contributed by atoms with E-state index in [1.165, 1.54) is 32.1 Å². The van der Waals surface area contributed by atoms with Crippen molar-refractivity contribution in [1.82, 2.24) is 9.78 Å². The highest BCUT2D eigenvalue weighted by Gasteiger charge is 2.18. The molecule has 106 valence electrons. The topological polar surface area (TPSA) is 43.8 Å². The van der Waals surface area contributed by atoms with E-state index in [1.54, 1.807) is 6.07 Å². The lowest BCUT2D eigenvalue weighted by molar-refractivity contribution is 0.330. The number of aromatic nitrogens is 2. The van der Waals surface area contributed by atoms with Gasteiger partial charge >= 0.3 is 0 Å². The van der Waals surface area contributed by atoms with Crippen molar-refractivity contribution in [2.45, 2.75) is 38.1 Å². The molecular formula is C15H17Cl2N3.